The Morgan fingerprint density at radius 2 is 1.59 bits per heavy atom. The first kappa shape index (κ1) is 18.3. The van der Waals surface area contributed by atoms with E-state index in [1.807, 2.05) is 24.3 Å². The molecule has 0 saturated heterocycles. The van der Waals surface area contributed by atoms with E-state index in [0.717, 1.165) is 16.9 Å². The zero-order valence-corrected chi connectivity index (χ0v) is 15.8. The first-order chi connectivity index (χ1) is 13.0. The predicted octanol–water partition coefficient (Wildman–Crippen LogP) is 4.18. The van der Waals surface area contributed by atoms with E-state index in [-0.39, 0.29) is 0 Å². The molecule has 4 N–H and O–H groups in total. The maximum Gasteiger partial charge on any atom is 0.159 e. The van der Waals surface area contributed by atoms with E-state index >= 15 is 0 Å². The summed E-state index contributed by atoms with van der Waals surface area (Å²) in [7, 11) is 3.20. The molecule has 1 aromatic heterocycles. The van der Waals surface area contributed by atoms with Crippen LogP contribution in [0.3, 0.4) is 0 Å². The lowest BCUT2D eigenvalue weighted by Gasteiger charge is -2.16. The van der Waals surface area contributed by atoms with Crippen LogP contribution in [-0.4, -0.2) is 24.2 Å². The molecule has 0 bridgehead atoms. The molecular weight excluding hydrogens is 342 g/mol. The highest BCUT2D eigenvalue weighted by Crippen LogP contribution is 2.34. The lowest BCUT2D eigenvalue weighted by molar-refractivity contribution is 0.395. The number of nitrogen functional groups attached to an aromatic ring is 1. The van der Waals surface area contributed by atoms with Crippen LogP contribution in [-0.2, 0) is 0 Å². The maximum atomic E-state index is 6.30. The van der Waals surface area contributed by atoms with Gasteiger partial charge >= 0.3 is 0 Å². The summed E-state index contributed by atoms with van der Waals surface area (Å²) in [6.45, 7) is 4.11. The Bertz CT molecular complexity index is 959. The molecule has 0 aliphatic heterocycles. The molecule has 2 aromatic carbocycles. The molecule has 140 valence electrons. The van der Waals surface area contributed by atoms with Gasteiger partial charge in [0.2, 0.25) is 0 Å². The van der Waals surface area contributed by atoms with E-state index < -0.39 is 0 Å². The summed E-state index contributed by atoms with van der Waals surface area (Å²) in [5, 5.41) is 6.49. The summed E-state index contributed by atoms with van der Waals surface area (Å²) in [6, 6.07) is 11.5. The summed E-state index contributed by atoms with van der Waals surface area (Å²) in [5.74, 6) is 2.34. The molecule has 0 aliphatic carbocycles. The third-order valence-corrected chi connectivity index (χ3v) is 4.40. The van der Waals surface area contributed by atoms with Crippen LogP contribution in [0.4, 0.5) is 28.7 Å². The van der Waals surface area contributed by atoms with Gasteiger partial charge < -0.3 is 25.8 Å². The van der Waals surface area contributed by atoms with Crippen LogP contribution in [0.15, 0.2) is 42.7 Å². The van der Waals surface area contributed by atoms with Gasteiger partial charge in [0, 0.05) is 11.8 Å². The number of rotatable bonds is 6. The van der Waals surface area contributed by atoms with E-state index in [1.165, 1.54) is 11.9 Å². The molecule has 0 atom stereocenters. The minimum atomic E-state index is 0.413. The molecule has 0 spiro atoms. The Hall–Kier alpha value is -3.48. The Morgan fingerprint density at radius 3 is 2.26 bits per heavy atom. The van der Waals surface area contributed by atoms with Crippen LogP contribution in [0.2, 0.25) is 0 Å². The zero-order chi connectivity index (χ0) is 19.4. The van der Waals surface area contributed by atoms with Crippen LogP contribution in [0.1, 0.15) is 11.1 Å². The third-order valence-electron chi connectivity index (χ3n) is 4.40. The molecule has 3 rings (SSSR count). The lowest BCUT2D eigenvalue weighted by Crippen LogP contribution is -2.06. The highest BCUT2D eigenvalue weighted by atomic mass is 16.5. The molecular formula is C20H23N5O2. The fourth-order valence-corrected chi connectivity index (χ4v) is 2.64. The van der Waals surface area contributed by atoms with Crippen LogP contribution >= 0.6 is 0 Å². The second-order valence-corrected chi connectivity index (χ2v) is 6.05. The summed E-state index contributed by atoms with van der Waals surface area (Å²) in [6.07, 6.45) is 1.46. The standard InChI is InChI=1S/C20H23N5O2/c1-12-6-5-7-15(13(12)2)24-19-18(21)20(23-11-22-19)25-16-9-8-14(26-3)10-17(16)27-4/h5-11H,21H2,1-4H3,(H2,22,23,24,25). The van der Waals surface area contributed by atoms with Crippen LogP contribution in [0, 0.1) is 13.8 Å². The van der Waals surface area contributed by atoms with Crippen molar-refractivity contribution in [1.29, 1.82) is 0 Å². The molecule has 7 heteroatoms. The fraction of sp³-hybridized carbons (Fsp3) is 0.200. The molecule has 3 aromatic rings. The quantitative estimate of drug-likeness (QED) is 0.603. The predicted molar refractivity (Wildman–Crippen MR) is 108 cm³/mol. The van der Waals surface area contributed by atoms with Gasteiger partial charge in [-0.3, -0.25) is 0 Å². The van der Waals surface area contributed by atoms with Crippen molar-refractivity contribution in [2.45, 2.75) is 13.8 Å². The fourth-order valence-electron chi connectivity index (χ4n) is 2.64. The summed E-state index contributed by atoms with van der Waals surface area (Å²) in [4.78, 5) is 8.54. The van der Waals surface area contributed by atoms with Gasteiger partial charge in [0.15, 0.2) is 11.6 Å². The van der Waals surface area contributed by atoms with E-state index in [4.69, 9.17) is 15.2 Å². The normalized spacial score (nSPS) is 10.4. The largest absolute Gasteiger partial charge is 0.497 e. The van der Waals surface area contributed by atoms with Gasteiger partial charge in [-0.15, -0.1) is 0 Å². The average molecular weight is 365 g/mol. The van der Waals surface area contributed by atoms with Crippen molar-refractivity contribution in [1.82, 2.24) is 9.97 Å². The summed E-state index contributed by atoms with van der Waals surface area (Å²) in [5.41, 5.74) is 10.7. The summed E-state index contributed by atoms with van der Waals surface area (Å²) >= 11 is 0. The number of nitrogens with two attached hydrogens (primary N) is 1. The third kappa shape index (κ3) is 3.87. The van der Waals surface area contributed by atoms with Crippen molar-refractivity contribution in [3.63, 3.8) is 0 Å². The van der Waals surface area contributed by atoms with Crippen molar-refractivity contribution < 1.29 is 9.47 Å². The highest BCUT2D eigenvalue weighted by Gasteiger charge is 2.12. The van der Waals surface area contributed by atoms with Gasteiger partial charge in [-0.2, -0.15) is 0 Å². The van der Waals surface area contributed by atoms with E-state index in [2.05, 4.69) is 40.5 Å². The minimum Gasteiger partial charge on any atom is -0.497 e. The molecule has 0 amide bonds. The molecule has 0 aliphatic rings. The van der Waals surface area contributed by atoms with Crippen molar-refractivity contribution in [2.75, 3.05) is 30.6 Å². The monoisotopic (exact) mass is 365 g/mol. The molecule has 27 heavy (non-hydrogen) atoms. The van der Waals surface area contributed by atoms with Gasteiger partial charge in [-0.1, -0.05) is 12.1 Å². The van der Waals surface area contributed by atoms with Gasteiger partial charge in [0.25, 0.3) is 0 Å². The number of nitrogens with zero attached hydrogens (tertiary/aromatic N) is 2. The molecule has 0 fully saturated rings. The van der Waals surface area contributed by atoms with E-state index in [1.54, 1.807) is 20.3 Å². The first-order valence-corrected chi connectivity index (χ1v) is 8.46. The van der Waals surface area contributed by atoms with Crippen molar-refractivity contribution in [2.24, 2.45) is 0 Å². The molecule has 0 radical (unpaired) electrons. The highest BCUT2D eigenvalue weighted by molar-refractivity contribution is 5.82. The number of benzene rings is 2. The molecule has 0 unspecified atom stereocenters. The Labute approximate surface area is 158 Å². The van der Waals surface area contributed by atoms with Crippen molar-refractivity contribution in [3.8, 4) is 11.5 Å². The number of anilines is 5. The number of aromatic nitrogens is 2. The second-order valence-electron chi connectivity index (χ2n) is 6.05. The Balaban J connectivity index is 1.90. The second kappa shape index (κ2) is 7.82. The van der Waals surface area contributed by atoms with Gasteiger partial charge in [0.05, 0.1) is 19.9 Å². The van der Waals surface area contributed by atoms with E-state index in [9.17, 15) is 0 Å². The smallest absolute Gasteiger partial charge is 0.159 e. The number of nitrogens with one attached hydrogen (secondary N) is 2. The summed E-state index contributed by atoms with van der Waals surface area (Å²) < 4.78 is 10.6. The molecule has 1 heterocycles. The first-order valence-electron chi connectivity index (χ1n) is 8.46. The number of hydrogen-bond donors (Lipinski definition) is 3. The minimum absolute atomic E-state index is 0.413. The number of hydrogen-bond acceptors (Lipinski definition) is 7. The number of methoxy groups -OCH3 is 2. The van der Waals surface area contributed by atoms with Crippen LogP contribution in [0.25, 0.3) is 0 Å². The van der Waals surface area contributed by atoms with Gasteiger partial charge in [0.1, 0.15) is 23.5 Å². The SMILES string of the molecule is COc1ccc(Nc2ncnc(Nc3cccc(C)c3C)c2N)c(OC)c1. The van der Waals surface area contributed by atoms with E-state index in [0.29, 0.717) is 28.8 Å². The number of aryl methyl sites for hydroxylation is 1. The lowest BCUT2D eigenvalue weighted by atomic mass is 10.1. The van der Waals surface area contributed by atoms with Crippen LogP contribution < -0.4 is 25.8 Å². The Morgan fingerprint density at radius 1 is 0.889 bits per heavy atom. The van der Waals surface area contributed by atoms with Crippen LogP contribution in [0.5, 0.6) is 11.5 Å². The maximum absolute atomic E-state index is 6.30. The topological polar surface area (TPSA) is 94.3 Å². The molecule has 7 nitrogen and oxygen atoms in total. The number of ether oxygens (including phenoxy) is 2. The van der Waals surface area contributed by atoms with Gasteiger partial charge in [-0.25, -0.2) is 9.97 Å². The van der Waals surface area contributed by atoms with Gasteiger partial charge in [-0.05, 0) is 43.2 Å². The van der Waals surface area contributed by atoms with Crippen molar-refractivity contribution in [3.05, 3.63) is 53.9 Å². The van der Waals surface area contributed by atoms with Crippen molar-refractivity contribution >= 4 is 28.7 Å². The Kier molecular flexibility index (Phi) is 5.30. The molecule has 0 saturated carbocycles. The zero-order valence-electron chi connectivity index (χ0n) is 15.8. The average Bonchev–Trinajstić information content (AvgIpc) is 2.68.